The third kappa shape index (κ3) is 2.77. The molecule has 1 N–H and O–H groups in total. The van der Waals surface area contributed by atoms with Crippen LogP contribution in [0.4, 0.5) is 0 Å². The predicted octanol–water partition coefficient (Wildman–Crippen LogP) is -0.0735. The molecule has 11 heavy (non-hydrogen) atoms. The van der Waals surface area contributed by atoms with E-state index in [2.05, 4.69) is 17.1 Å². The molecular formula is C8H18N2O. The summed E-state index contributed by atoms with van der Waals surface area (Å²) in [4.78, 5) is 2.46. The lowest BCUT2D eigenvalue weighted by molar-refractivity contribution is 0.000633. The van der Waals surface area contributed by atoms with E-state index in [0.717, 1.165) is 32.8 Å². The number of hydrogen-bond acceptors (Lipinski definition) is 3. The van der Waals surface area contributed by atoms with Crippen LogP contribution in [0.15, 0.2) is 0 Å². The molecule has 1 aliphatic heterocycles. The molecule has 1 saturated heterocycles. The molecule has 1 heterocycles. The number of likely N-dealkylation sites (N-methyl/N-ethyl adjacent to an activating group) is 1. The highest BCUT2D eigenvalue weighted by Gasteiger charge is 2.17. The molecule has 66 valence electrons. The van der Waals surface area contributed by atoms with Gasteiger partial charge in [-0.15, -0.1) is 0 Å². The summed E-state index contributed by atoms with van der Waals surface area (Å²) < 4.78 is 5.33. The normalized spacial score (nSPS) is 27.3. The van der Waals surface area contributed by atoms with Crippen LogP contribution in [0.2, 0.25) is 0 Å². The summed E-state index contributed by atoms with van der Waals surface area (Å²) >= 11 is 0. The second-order valence-electron chi connectivity index (χ2n) is 3.06. The summed E-state index contributed by atoms with van der Waals surface area (Å²) in [5.74, 6) is 0. The Morgan fingerprint density at radius 2 is 2.45 bits per heavy atom. The van der Waals surface area contributed by atoms with Crippen molar-refractivity contribution in [1.29, 1.82) is 0 Å². The zero-order valence-electron chi connectivity index (χ0n) is 7.47. The van der Waals surface area contributed by atoms with E-state index in [4.69, 9.17) is 4.74 Å². The van der Waals surface area contributed by atoms with Crippen molar-refractivity contribution in [3.05, 3.63) is 0 Å². The van der Waals surface area contributed by atoms with Crippen LogP contribution in [0.1, 0.15) is 6.92 Å². The molecular weight excluding hydrogens is 140 g/mol. The molecule has 0 aliphatic carbocycles. The summed E-state index contributed by atoms with van der Waals surface area (Å²) in [5.41, 5.74) is 0. The highest BCUT2D eigenvalue weighted by atomic mass is 16.5. The Morgan fingerprint density at radius 1 is 1.64 bits per heavy atom. The van der Waals surface area contributed by atoms with Crippen LogP contribution in [0, 0.1) is 0 Å². The van der Waals surface area contributed by atoms with Crippen LogP contribution in [-0.2, 0) is 4.74 Å². The number of morpholine rings is 1. The van der Waals surface area contributed by atoms with Crippen LogP contribution in [0.25, 0.3) is 0 Å². The summed E-state index contributed by atoms with van der Waals surface area (Å²) in [6.07, 6.45) is 0. The number of nitrogens with one attached hydrogen (secondary N) is 1. The molecule has 0 spiro atoms. The van der Waals surface area contributed by atoms with Crippen molar-refractivity contribution in [1.82, 2.24) is 10.2 Å². The summed E-state index contributed by atoms with van der Waals surface area (Å²) in [7, 11) is 1.99. The van der Waals surface area contributed by atoms with Gasteiger partial charge in [-0.05, 0) is 14.0 Å². The summed E-state index contributed by atoms with van der Waals surface area (Å²) in [6.45, 7) is 7.31. The average Bonchev–Trinajstić information content (AvgIpc) is 2.03. The van der Waals surface area contributed by atoms with Crippen LogP contribution < -0.4 is 5.32 Å². The minimum Gasteiger partial charge on any atom is -0.379 e. The van der Waals surface area contributed by atoms with Gasteiger partial charge in [-0.3, -0.25) is 4.90 Å². The lowest BCUT2D eigenvalue weighted by Gasteiger charge is -2.32. The van der Waals surface area contributed by atoms with Crippen molar-refractivity contribution in [2.45, 2.75) is 13.0 Å². The van der Waals surface area contributed by atoms with Gasteiger partial charge < -0.3 is 10.1 Å². The number of ether oxygens (including phenoxy) is 1. The largest absolute Gasteiger partial charge is 0.379 e. The Labute approximate surface area is 68.7 Å². The van der Waals surface area contributed by atoms with Crippen LogP contribution in [-0.4, -0.2) is 50.8 Å². The fourth-order valence-electron chi connectivity index (χ4n) is 1.35. The maximum Gasteiger partial charge on any atom is 0.0619 e. The van der Waals surface area contributed by atoms with Crippen molar-refractivity contribution in [3.8, 4) is 0 Å². The van der Waals surface area contributed by atoms with Crippen molar-refractivity contribution < 1.29 is 4.74 Å². The lowest BCUT2D eigenvalue weighted by Crippen LogP contribution is -2.45. The first-order valence-electron chi connectivity index (χ1n) is 4.31. The Kier molecular flexibility index (Phi) is 3.83. The third-order valence-corrected chi connectivity index (χ3v) is 2.15. The van der Waals surface area contributed by atoms with E-state index in [1.807, 2.05) is 7.05 Å². The maximum absolute atomic E-state index is 5.33. The van der Waals surface area contributed by atoms with Crippen LogP contribution in [0.3, 0.4) is 0 Å². The van der Waals surface area contributed by atoms with Gasteiger partial charge in [-0.25, -0.2) is 0 Å². The summed E-state index contributed by atoms with van der Waals surface area (Å²) in [6, 6.07) is 0.595. The van der Waals surface area contributed by atoms with Gasteiger partial charge in [-0.2, -0.15) is 0 Å². The van der Waals surface area contributed by atoms with E-state index >= 15 is 0 Å². The second-order valence-corrected chi connectivity index (χ2v) is 3.06. The topological polar surface area (TPSA) is 24.5 Å². The first kappa shape index (κ1) is 8.97. The number of rotatable bonds is 3. The highest BCUT2D eigenvalue weighted by molar-refractivity contribution is 4.70. The molecule has 1 atom stereocenters. The second kappa shape index (κ2) is 4.70. The molecule has 1 rings (SSSR count). The van der Waals surface area contributed by atoms with Crippen LogP contribution >= 0.6 is 0 Å². The highest BCUT2D eigenvalue weighted by Crippen LogP contribution is 2.04. The molecule has 0 radical (unpaired) electrons. The van der Waals surface area contributed by atoms with Crippen molar-refractivity contribution in [3.63, 3.8) is 0 Å². The molecule has 1 unspecified atom stereocenters. The quantitative estimate of drug-likeness (QED) is 0.622. The van der Waals surface area contributed by atoms with E-state index in [-0.39, 0.29) is 0 Å². The Morgan fingerprint density at radius 3 is 3.09 bits per heavy atom. The zero-order chi connectivity index (χ0) is 8.10. The van der Waals surface area contributed by atoms with E-state index in [0.29, 0.717) is 6.04 Å². The minimum absolute atomic E-state index is 0.595. The van der Waals surface area contributed by atoms with E-state index in [9.17, 15) is 0 Å². The zero-order valence-corrected chi connectivity index (χ0v) is 7.47. The van der Waals surface area contributed by atoms with Gasteiger partial charge in [0.1, 0.15) is 0 Å². The molecule has 3 heteroatoms. The molecule has 0 aromatic carbocycles. The van der Waals surface area contributed by atoms with Gasteiger partial charge in [0.2, 0.25) is 0 Å². The average molecular weight is 158 g/mol. The van der Waals surface area contributed by atoms with Crippen molar-refractivity contribution >= 4 is 0 Å². The lowest BCUT2D eigenvalue weighted by atomic mass is 10.2. The van der Waals surface area contributed by atoms with Gasteiger partial charge in [0.05, 0.1) is 13.2 Å². The Hall–Kier alpha value is -0.120. The fraction of sp³-hybridized carbons (Fsp3) is 1.00. The first-order valence-corrected chi connectivity index (χ1v) is 4.31. The molecule has 1 fully saturated rings. The first-order chi connectivity index (χ1) is 5.34. The van der Waals surface area contributed by atoms with Gasteiger partial charge in [0, 0.05) is 25.7 Å². The molecule has 3 nitrogen and oxygen atoms in total. The summed E-state index contributed by atoms with van der Waals surface area (Å²) in [5, 5.41) is 3.15. The standard InChI is InChI=1S/C8H18N2O/c1-8-7-11-6-5-10(8)4-3-9-2/h8-9H,3-7H2,1-2H3. The monoisotopic (exact) mass is 158 g/mol. The number of nitrogens with zero attached hydrogens (tertiary/aromatic N) is 1. The molecule has 0 aromatic rings. The predicted molar refractivity (Wildman–Crippen MR) is 45.8 cm³/mol. The van der Waals surface area contributed by atoms with Gasteiger partial charge in [0.25, 0.3) is 0 Å². The van der Waals surface area contributed by atoms with E-state index in [1.54, 1.807) is 0 Å². The van der Waals surface area contributed by atoms with E-state index < -0.39 is 0 Å². The maximum atomic E-state index is 5.33. The van der Waals surface area contributed by atoms with Crippen molar-refractivity contribution in [2.24, 2.45) is 0 Å². The molecule has 0 amide bonds. The molecule has 1 aliphatic rings. The SMILES string of the molecule is CNCCN1CCOCC1C. The Bertz CT molecular complexity index is 108. The van der Waals surface area contributed by atoms with E-state index in [1.165, 1.54) is 0 Å². The van der Waals surface area contributed by atoms with Crippen LogP contribution in [0.5, 0.6) is 0 Å². The minimum atomic E-state index is 0.595. The molecule has 0 bridgehead atoms. The van der Waals surface area contributed by atoms with Gasteiger partial charge in [-0.1, -0.05) is 0 Å². The fourth-order valence-corrected chi connectivity index (χ4v) is 1.35. The Balaban J connectivity index is 2.18. The molecule has 0 saturated carbocycles. The molecule has 0 aromatic heterocycles. The van der Waals surface area contributed by atoms with Gasteiger partial charge >= 0.3 is 0 Å². The van der Waals surface area contributed by atoms with Gasteiger partial charge in [0.15, 0.2) is 0 Å². The number of hydrogen-bond donors (Lipinski definition) is 1. The van der Waals surface area contributed by atoms with Crippen molar-refractivity contribution in [2.75, 3.05) is 39.9 Å². The third-order valence-electron chi connectivity index (χ3n) is 2.15. The smallest absolute Gasteiger partial charge is 0.0619 e.